The van der Waals surface area contributed by atoms with E-state index < -0.39 is 0 Å². The van der Waals surface area contributed by atoms with Crippen LogP contribution in [-0.2, 0) is 16.4 Å². The average molecular weight is 416 g/mol. The molecule has 3 rings (SSSR count). The summed E-state index contributed by atoms with van der Waals surface area (Å²) < 4.78 is 0. The quantitative estimate of drug-likeness (QED) is 0.719. The maximum absolute atomic E-state index is 11.0. The molecule has 0 amide bonds. The van der Waals surface area contributed by atoms with Crippen LogP contribution in [-0.4, -0.2) is 42.2 Å². The van der Waals surface area contributed by atoms with Gasteiger partial charge in [-0.3, -0.25) is 4.90 Å². The van der Waals surface area contributed by atoms with E-state index in [-0.39, 0.29) is 16.4 Å². The second kappa shape index (κ2) is 7.68. The minimum Gasteiger partial charge on any atom is -0.507 e. The van der Waals surface area contributed by atoms with E-state index in [0.717, 1.165) is 48.3 Å². The summed E-state index contributed by atoms with van der Waals surface area (Å²) in [6.45, 7) is 15.0. The van der Waals surface area contributed by atoms with Gasteiger partial charge in [0.2, 0.25) is 0 Å². The van der Waals surface area contributed by atoms with Crippen molar-refractivity contribution in [1.29, 1.82) is 0 Å². The van der Waals surface area contributed by atoms with Crippen LogP contribution >= 0.6 is 11.3 Å². The van der Waals surface area contributed by atoms with Crippen molar-refractivity contribution in [2.45, 2.75) is 70.8 Å². The zero-order valence-corrected chi connectivity index (χ0v) is 20.1. The number of thiazole rings is 1. The highest BCUT2D eigenvalue weighted by Crippen LogP contribution is 2.43. The van der Waals surface area contributed by atoms with Gasteiger partial charge in [0.15, 0.2) is 0 Å². The SMILES string of the molecule is CN(C)C1(c2nc(-c3cc(C(C)(C)C)c(O)c(C(C)(C)C)c3)cs2)CCNCC1. The van der Waals surface area contributed by atoms with Gasteiger partial charge >= 0.3 is 0 Å². The Kier molecular flexibility index (Phi) is 5.89. The Morgan fingerprint density at radius 1 is 1.00 bits per heavy atom. The summed E-state index contributed by atoms with van der Waals surface area (Å²) in [4.78, 5) is 7.48. The van der Waals surface area contributed by atoms with Crippen molar-refractivity contribution < 1.29 is 5.11 Å². The predicted molar refractivity (Wildman–Crippen MR) is 124 cm³/mol. The number of aromatic nitrogens is 1. The van der Waals surface area contributed by atoms with Crippen molar-refractivity contribution in [3.05, 3.63) is 33.6 Å². The number of hydrogen-bond donors (Lipinski definition) is 2. The smallest absolute Gasteiger partial charge is 0.123 e. The van der Waals surface area contributed by atoms with Gasteiger partial charge in [-0.2, -0.15) is 0 Å². The van der Waals surface area contributed by atoms with E-state index in [2.05, 4.69) is 83.4 Å². The monoisotopic (exact) mass is 415 g/mol. The molecule has 160 valence electrons. The maximum atomic E-state index is 11.0. The highest BCUT2D eigenvalue weighted by Gasteiger charge is 2.39. The van der Waals surface area contributed by atoms with Crippen molar-refractivity contribution in [3.8, 4) is 17.0 Å². The van der Waals surface area contributed by atoms with Gasteiger partial charge in [0.1, 0.15) is 10.8 Å². The van der Waals surface area contributed by atoms with E-state index in [0.29, 0.717) is 5.75 Å². The van der Waals surface area contributed by atoms with Crippen LogP contribution in [0.1, 0.15) is 70.5 Å². The maximum Gasteiger partial charge on any atom is 0.123 e. The summed E-state index contributed by atoms with van der Waals surface area (Å²) in [7, 11) is 4.34. The third kappa shape index (κ3) is 4.23. The summed E-state index contributed by atoms with van der Waals surface area (Å²) in [5.41, 5.74) is 3.81. The molecule has 2 aromatic rings. The lowest BCUT2D eigenvalue weighted by Crippen LogP contribution is -2.49. The number of nitrogens with zero attached hydrogens (tertiary/aromatic N) is 2. The summed E-state index contributed by atoms with van der Waals surface area (Å²) in [6.07, 6.45) is 2.14. The van der Waals surface area contributed by atoms with E-state index in [4.69, 9.17) is 4.98 Å². The van der Waals surface area contributed by atoms with Gasteiger partial charge in [-0.1, -0.05) is 41.5 Å². The summed E-state index contributed by atoms with van der Waals surface area (Å²) in [5, 5.41) is 17.9. The minimum atomic E-state index is -0.140. The van der Waals surface area contributed by atoms with Crippen molar-refractivity contribution in [1.82, 2.24) is 15.2 Å². The first-order valence-electron chi connectivity index (χ1n) is 10.6. The molecule has 0 atom stereocenters. The van der Waals surface area contributed by atoms with Crippen LogP contribution < -0.4 is 5.32 Å². The van der Waals surface area contributed by atoms with E-state index in [1.807, 2.05) is 0 Å². The summed E-state index contributed by atoms with van der Waals surface area (Å²) >= 11 is 1.77. The van der Waals surface area contributed by atoms with E-state index >= 15 is 0 Å². The first-order valence-corrected chi connectivity index (χ1v) is 11.5. The molecule has 0 saturated carbocycles. The van der Waals surface area contributed by atoms with Gasteiger partial charge in [0.05, 0.1) is 11.2 Å². The summed E-state index contributed by atoms with van der Waals surface area (Å²) in [5.74, 6) is 0.423. The van der Waals surface area contributed by atoms with E-state index in [1.54, 1.807) is 11.3 Å². The lowest BCUT2D eigenvalue weighted by Gasteiger charge is -2.41. The van der Waals surface area contributed by atoms with Gasteiger partial charge < -0.3 is 10.4 Å². The molecular weight excluding hydrogens is 378 g/mol. The Hall–Kier alpha value is -1.43. The van der Waals surface area contributed by atoms with E-state index in [9.17, 15) is 5.11 Å². The van der Waals surface area contributed by atoms with Gasteiger partial charge in [0.25, 0.3) is 0 Å². The molecule has 0 radical (unpaired) electrons. The summed E-state index contributed by atoms with van der Waals surface area (Å²) in [6, 6.07) is 4.27. The van der Waals surface area contributed by atoms with Crippen LogP contribution in [0.2, 0.25) is 0 Å². The highest BCUT2D eigenvalue weighted by molar-refractivity contribution is 7.10. The van der Waals surface area contributed by atoms with Gasteiger partial charge in [-0.25, -0.2) is 4.98 Å². The van der Waals surface area contributed by atoms with Gasteiger partial charge in [0, 0.05) is 22.1 Å². The number of rotatable bonds is 3. The first-order chi connectivity index (χ1) is 13.4. The molecule has 2 heterocycles. The van der Waals surface area contributed by atoms with Crippen LogP contribution in [0, 0.1) is 0 Å². The average Bonchev–Trinajstić information content (AvgIpc) is 3.11. The standard InChI is InChI=1S/C24H37N3OS/c1-22(2,3)17-13-16(14-18(20(17)28)23(4,5)6)19-15-29-21(26-19)24(27(7)8)9-11-25-12-10-24/h13-15,25,28H,9-12H2,1-8H3. The largest absolute Gasteiger partial charge is 0.507 e. The molecule has 0 bridgehead atoms. The van der Waals surface area contributed by atoms with Crippen LogP contribution in [0.5, 0.6) is 5.75 Å². The Balaban J connectivity index is 2.13. The number of phenols is 1. The van der Waals surface area contributed by atoms with Gasteiger partial charge in [-0.15, -0.1) is 11.3 Å². The molecule has 1 fully saturated rings. The minimum absolute atomic E-state index is 0.00476. The van der Waals surface area contributed by atoms with Crippen molar-refractivity contribution >= 4 is 11.3 Å². The highest BCUT2D eigenvalue weighted by atomic mass is 32.1. The molecule has 0 aliphatic carbocycles. The Bertz CT molecular complexity index is 830. The van der Waals surface area contributed by atoms with Crippen LogP contribution in [0.25, 0.3) is 11.3 Å². The third-order valence-corrected chi connectivity index (χ3v) is 7.25. The number of aromatic hydroxyl groups is 1. The number of hydrogen-bond acceptors (Lipinski definition) is 5. The number of benzene rings is 1. The van der Waals surface area contributed by atoms with Crippen LogP contribution in [0.3, 0.4) is 0 Å². The Morgan fingerprint density at radius 2 is 1.52 bits per heavy atom. The number of nitrogens with one attached hydrogen (secondary N) is 1. The lowest BCUT2D eigenvalue weighted by atomic mass is 9.78. The zero-order valence-electron chi connectivity index (χ0n) is 19.3. The molecule has 1 aromatic carbocycles. The second-order valence-electron chi connectivity index (χ2n) is 10.6. The normalized spacial score (nSPS) is 17.7. The van der Waals surface area contributed by atoms with Crippen molar-refractivity contribution in [3.63, 3.8) is 0 Å². The fourth-order valence-electron chi connectivity index (χ4n) is 4.24. The molecule has 2 N–H and O–H groups in total. The van der Waals surface area contributed by atoms with E-state index in [1.165, 1.54) is 5.01 Å². The molecular formula is C24H37N3OS. The predicted octanol–water partition coefficient (Wildman–Crippen LogP) is 5.25. The molecule has 0 unspecified atom stereocenters. The first kappa shape index (κ1) is 22.3. The number of phenolic OH excluding ortho intramolecular Hbond substituents is 1. The molecule has 1 aromatic heterocycles. The van der Waals surface area contributed by atoms with Crippen molar-refractivity contribution in [2.24, 2.45) is 0 Å². The molecule has 0 spiro atoms. The third-order valence-electron chi connectivity index (χ3n) is 6.21. The van der Waals surface area contributed by atoms with Crippen molar-refractivity contribution in [2.75, 3.05) is 27.2 Å². The molecule has 1 aliphatic heterocycles. The molecule has 4 nitrogen and oxygen atoms in total. The number of piperidine rings is 1. The fourth-order valence-corrected chi connectivity index (χ4v) is 5.41. The topological polar surface area (TPSA) is 48.4 Å². The van der Waals surface area contributed by atoms with Gasteiger partial charge in [-0.05, 0) is 63.0 Å². The molecule has 5 heteroatoms. The lowest BCUT2D eigenvalue weighted by molar-refractivity contribution is 0.107. The fraction of sp³-hybridized carbons (Fsp3) is 0.625. The Labute approximate surface area is 180 Å². The second-order valence-corrected chi connectivity index (χ2v) is 11.5. The van der Waals surface area contributed by atoms with Crippen LogP contribution in [0.15, 0.2) is 17.5 Å². The zero-order chi connectivity index (χ0) is 21.6. The van der Waals surface area contributed by atoms with Crippen LogP contribution in [0.4, 0.5) is 0 Å². The molecule has 29 heavy (non-hydrogen) atoms. The Morgan fingerprint density at radius 3 is 1.97 bits per heavy atom. The molecule has 1 saturated heterocycles. The molecule has 1 aliphatic rings.